The van der Waals surface area contributed by atoms with Crippen molar-refractivity contribution in [3.8, 4) is 5.75 Å². The van der Waals surface area contributed by atoms with Crippen LogP contribution in [0, 0.1) is 0 Å². The molecule has 0 aliphatic heterocycles. The molecule has 0 aliphatic carbocycles. The van der Waals surface area contributed by atoms with Gasteiger partial charge >= 0.3 is 5.97 Å². The Morgan fingerprint density at radius 1 is 1.17 bits per heavy atom. The maximum Gasteiger partial charge on any atom is 0.356 e. The zero-order valence-corrected chi connectivity index (χ0v) is 13.9. The first-order chi connectivity index (χ1) is 10.8. The van der Waals surface area contributed by atoms with Crippen LogP contribution >= 0.6 is 34.8 Å². The number of azo groups is 1. The van der Waals surface area contributed by atoms with Gasteiger partial charge in [-0.25, -0.2) is 9.78 Å². The SMILES string of the molecule is CC(N=Nc1c(Cl)c(Cl)nc(C(=O)O)c1Cl)c1ccc(O)cc1. The largest absolute Gasteiger partial charge is 0.508 e. The van der Waals surface area contributed by atoms with E-state index in [0.29, 0.717) is 0 Å². The average Bonchev–Trinajstić information content (AvgIpc) is 2.51. The molecule has 0 amide bonds. The van der Waals surface area contributed by atoms with Crippen LogP contribution < -0.4 is 0 Å². The molecule has 9 heteroatoms. The Hall–Kier alpha value is -1.89. The maximum absolute atomic E-state index is 11.1. The van der Waals surface area contributed by atoms with E-state index < -0.39 is 11.7 Å². The first-order valence-corrected chi connectivity index (χ1v) is 7.42. The molecule has 0 saturated carbocycles. The van der Waals surface area contributed by atoms with Gasteiger partial charge in [0.25, 0.3) is 0 Å². The minimum Gasteiger partial charge on any atom is -0.508 e. The number of phenolic OH excluding ortho intramolecular Hbond substituents is 1. The van der Waals surface area contributed by atoms with E-state index in [-0.39, 0.29) is 32.7 Å². The van der Waals surface area contributed by atoms with Crippen LogP contribution in [0.2, 0.25) is 15.2 Å². The van der Waals surface area contributed by atoms with Crippen LogP contribution in [0.1, 0.15) is 29.0 Å². The highest BCUT2D eigenvalue weighted by atomic mass is 35.5. The van der Waals surface area contributed by atoms with Crippen molar-refractivity contribution in [3.63, 3.8) is 0 Å². The van der Waals surface area contributed by atoms with Gasteiger partial charge in [-0.15, -0.1) is 0 Å². The van der Waals surface area contributed by atoms with Crippen molar-refractivity contribution < 1.29 is 15.0 Å². The molecule has 2 rings (SSSR count). The summed E-state index contributed by atoms with van der Waals surface area (Å²) in [4.78, 5) is 14.7. The number of rotatable bonds is 4. The lowest BCUT2D eigenvalue weighted by atomic mass is 10.1. The lowest BCUT2D eigenvalue weighted by molar-refractivity contribution is 0.0690. The second kappa shape index (κ2) is 7.12. The van der Waals surface area contributed by atoms with Crippen LogP contribution in [0.5, 0.6) is 5.75 Å². The first kappa shape index (κ1) is 17.5. The predicted molar refractivity (Wildman–Crippen MR) is 87.3 cm³/mol. The van der Waals surface area contributed by atoms with E-state index in [1.165, 1.54) is 12.1 Å². The van der Waals surface area contributed by atoms with E-state index in [1.54, 1.807) is 19.1 Å². The van der Waals surface area contributed by atoms with E-state index in [1.807, 2.05) is 0 Å². The van der Waals surface area contributed by atoms with Crippen molar-refractivity contribution in [2.75, 3.05) is 0 Å². The fourth-order valence-corrected chi connectivity index (χ4v) is 2.35. The van der Waals surface area contributed by atoms with Gasteiger partial charge in [-0.2, -0.15) is 10.2 Å². The fourth-order valence-electron chi connectivity index (χ4n) is 1.70. The van der Waals surface area contributed by atoms with E-state index >= 15 is 0 Å². The summed E-state index contributed by atoms with van der Waals surface area (Å²) in [5, 5.41) is 25.7. The Morgan fingerprint density at radius 2 is 1.78 bits per heavy atom. The Morgan fingerprint density at radius 3 is 2.35 bits per heavy atom. The van der Waals surface area contributed by atoms with E-state index in [2.05, 4.69) is 15.2 Å². The summed E-state index contributed by atoms with van der Waals surface area (Å²) < 4.78 is 0. The molecule has 0 bridgehead atoms. The number of pyridine rings is 1. The maximum atomic E-state index is 11.1. The summed E-state index contributed by atoms with van der Waals surface area (Å²) in [5.41, 5.74) is 0.279. The lowest BCUT2D eigenvalue weighted by Gasteiger charge is -2.08. The number of halogens is 3. The molecule has 6 nitrogen and oxygen atoms in total. The minimum atomic E-state index is -1.35. The molecule has 0 radical (unpaired) electrons. The molecule has 1 unspecified atom stereocenters. The standard InChI is InChI=1S/C14H10Cl3N3O3/c1-6(7-2-4-8(21)5-3-7)19-20-11-9(15)12(14(22)23)18-13(17)10(11)16/h2-6,21H,1H3,(H,22,23). The Bertz CT molecular complexity index is 779. The third kappa shape index (κ3) is 3.90. The summed E-state index contributed by atoms with van der Waals surface area (Å²) in [6.45, 7) is 1.76. The van der Waals surface area contributed by atoms with Gasteiger partial charge in [-0.05, 0) is 24.6 Å². The van der Waals surface area contributed by atoms with Crippen LogP contribution in [-0.2, 0) is 0 Å². The van der Waals surface area contributed by atoms with Gasteiger partial charge in [0.05, 0.1) is 6.04 Å². The average molecular weight is 375 g/mol. The molecule has 120 valence electrons. The van der Waals surface area contributed by atoms with E-state index in [0.717, 1.165) is 5.56 Å². The third-order valence-corrected chi connectivity index (χ3v) is 4.01. The monoisotopic (exact) mass is 373 g/mol. The molecule has 1 aromatic heterocycles. The van der Waals surface area contributed by atoms with Crippen LogP contribution in [0.3, 0.4) is 0 Å². The van der Waals surface area contributed by atoms with Gasteiger partial charge in [0.2, 0.25) is 0 Å². The number of carbonyl (C=O) groups is 1. The molecule has 1 heterocycles. The highest BCUT2D eigenvalue weighted by molar-refractivity contribution is 6.45. The minimum absolute atomic E-state index is 0.0589. The Balaban J connectivity index is 2.39. The van der Waals surface area contributed by atoms with Gasteiger partial charge < -0.3 is 10.2 Å². The molecule has 1 aromatic carbocycles. The van der Waals surface area contributed by atoms with Gasteiger partial charge in [0, 0.05) is 0 Å². The van der Waals surface area contributed by atoms with Crippen LogP contribution in [0.15, 0.2) is 34.5 Å². The van der Waals surface area contributed by atoms with Gasteiger partial charge in [0.15, 0.2) is 10.8 Å². The fraction of sp³-hybridized carbons (Fsp3) is 0.143. The number of nitrogens with zero attached hydrogens (tertiary/aromatic N) is 3. The van der Waals surface area contributed by atoms with Crippen molar-refractivity contribution in [2.45, 2.75) is 13.0 Å². The highest BCUT2D eigenvalue weighted by Gasteiger charge is 2.21. The lowest BCUT2D eigenvalue weighted by Crippen LogP contribution is -2.02. The van der Waals surface area contributed by atoms with Crippen molar-refractivity contribution in [3.05, 3.63) is 50.7 Å². The molecule has 1 atom stereocenters. The Kier molecular flexibility index (Phi) is 5.41. The number of carboxylic acids is 1. The first-order valence-electron chi connectivity index (χ1n) is 6.28. The molecule has 2 aromatic rings. The number of carboxylic acid groups (broad SMARTS) is 1. The summed E-state index contributed by atoms with van der Waals surface area (Å²) in [7, 11) is 0. The van der Waals surface area contributed by atoms with Gasteiger partial charge in [0.1, 0.15) is 21.5 Å². The second-order valence-corrected chi connectivity index (χ2v) is 5.63. The zero-order valence-electron chi connectivity index (χ0n) is 11.7. The number of aromatic carboxylic acids is 1. The highest BCUT2D eigenvalue weighted by Crippen LogP contribution is 2.39. The molecule has 2 N–H and O–H groups in total. The zero-order chi connectivity index (χ0) is 17.1. The third-order valence-electron chi connectivity index (χ3n) is 2.92. The topological polar surface area (TPSA) is 95.1 Å². The van der Waals surface area contributed by atoms with Crippen molar-refractivity contribution in [1.29, 1.82) is 0 Å². The summed E-state index contributed by atoms with van der Waals surface area (Å²) in [5.74, 6) is -1.22. The van der Waals surface area contributed by atoms with E-state index in [4.69, 9.17) is 39.9 Å². The molecule has 23 heavy (non-hydrogen) atoms. The summed E-state index contributed by atoms with van der Waals surface area (Å²) >= 11 is 17.7. The number of aromatic nitrogens is 1. The van der Waals surface area contributed by atoms with E-state index in [9.17, 15) is 9.90 Å². The van der Waals surface area contributed by atoms with Crippen LogP contribution in [0.25, 0.3) is 0 Å². The number of benzene rings is 1. The van der Waals surface area contributed by atoms with Gasteiger partial charge in [-0.3, -0.25) is 0 Å². The normalized spacial score (nSPS) is 12.5. The number of hydrogen-bond donors (Lipinski definition) is 2. The van der Waals surface area contributed by atoms with Crippen molar-refractivity contribution in [2.24, 2.45) is 10.2 Å². The molecule has 0 saturated heterocycles. The van der Waals surface area contributed by atoms with Gasteiger partial charge in [-0.1, -0.05) is 46.9 Å². The Labute approximate surface area is 146 Å². The predicted octanol–water partition coefficient (Wildman–Crippen LogP) is 5.29. The number of aromatic hydroxyl groups is 1. The smallest absolute Gasteiger partial charge is 0.356 e. The van der Waals surface area contributed by atoms with Crippen molar-refractivity contribution in [1.82, 2.24) is 4.98 Å². The molecular formula is C14H10Cl3N3O3. The molecule has 0 aliphatic rings. The van der Waals surface area contributed by atoms with Crippen molar-refractivity contribution >= 4 is 46.5 Å². The number of hydrogen-bond acceptors (Lipinski definition) is 5. The quantitative estimate of drug-likeness (QED) is 0.561. The van der Waals surface area contributed by atoms with Crippen LogP contribution in [0.4, 0.5) is 5.69 Å². The molecule has 0 fully saturated rings. The summed E-state index contributed by atoms with van der Waals surface area (Å²) in [6.07, 6.45) is 0. The summed E-state index contributed by atoms with van der Waals surface area (Å²) in [6, 6.07) is 6.04. The second-order valence-electron chi connectivity index (χ2n) is 4.52. The van der Waals surface area contributed by atoms with Crippen LogP contribution in [-0.4, -0.2) is 21.2 Å². The molecular weight excluding hydrogens is 365 g/mol. The number of phenols is 1. The molecule has 0 spiro atoms.